The van der Waals surface area contributed by atoms with Crippen LogP contribution in [0.2, 0.25) is 0 Å². The molecule has 0 rings (SSSR count). The zero-order valence-electron chi connectivity index (χ0n) is 14.6. The van der Waals surface area contributed by atoms with Crippen LogP contribution in [0.5, 0.6) is 0 Å². The molecule has 0 fully saturated rings. The lowest BCUT2D eigenvalue weighted by Gasteiger charge is -1.79. The van der Waals surface area contributed by atoms with E-state index in [0.29, 0.717) is 0 Å². The van der Waals surface area contributed by atoms with Crippen molar-refractivity contribution in [3.63, 3.8) is 0 Å². The minimum Gasteiger partial charge on any atom is -0.0683 e. The molecule has 0 aliphatic rings. The van der Waals surface area contributed by atoms with E-state index in [0.717, 1.165) is 11.8 Å². The Hall–Kier alpha value is 0. The largest absolute Gasteiger partial charge is 0.0683 e. The number of hydrogen-bond donors (Lipinski definition) is 0. The lowest BCUT2D eigenvalue weighted by molar-refractivity contribution is 0.736. The van der Waals surface area contributed by atoms with Gasteiger partial charge in [-0.25, -0.2) is 0 Å². The SMILES string of the molecule is CC.CC(C)C.CC(C)C.CCC.CCC. The van der Waals surface area contributed by atoms with Gasteiger partial charge in [-0.3, -0.25) is 0 Å². The van der Waals surface area contributed by atoms with Gasteiger partial charge in [0.1, 0.15) is 0 Å². The molecule has 106 valence electrons. The van der Waals surface area contributed by atoms with Gasteiger partial charge in [-0.2, -0.15) is 0 Å². The topological polar surface area (TPSA) is 0 Å². The monoisotopic (exact) mass is 234 g/mol. The van der Waals surface area contributed by atoms with Gasteiger partial charge in [0.05, 0.1) is 0 Å². The summed E-state index contributed by atoms with van der Waals surface area (Å²) in [6.45, 7) is 25.5. The standard InChI is InChI=1S/2C4H10.2C3H8.C2H6/c2*1-4(2)3;2*1-3-2;1-2/h2*4H,1-3H3;2*3H2,1-2H3;1-2H3. The first-order valence-electron chi connectivity index (χ1n) is 7.29. The highest BCUT2D eigenvalue weighted by Crippen LogP contribution is 1.81. The van der Waals surface area contributed by atoms with Gasteiger partial charge in [0, 0.05) is 0 Å². The van der Waals surface area contributed by atoms with Crippen molar-refractivity contribution < 1.29 is 0 Å². The molecule has 0 radical (unpaired) electrons. The molecule has 0 bridgehead atoms. The van der Waals surface area contributed by atoms with E-state index in [4.69, 9.17) is 0 Å². The Bertz CT molecular complexity index is 30.5. The van der Waals surface area contributed by atoms with E-state index in [1.807, 2.05) is 13.8 Å². The average Bonchev–Trinajstić information content (AvgIpc) is 2.07. The Morgan fingerprint density at radius 2 is 0.500 bits per heavy atom. The van der Waals surface area contributed by atoms with Crippen LogP contribution in [0.25, 0.3) is 0 Å². The maximum Gasteiger partial charge on any atom is -0.0500 e. The zero-order valence-corrected chi connectivity index (χ0v) is 14.6. The molecule has 0 saturated carbocycles. The third kappa shape index (κ3) is 0. The molecule has 0 aromatic carbocycles. The molecule has 0 aliphatic heterocycles. The van der Waals surface area contributed by atoms with Crippen LogP contribution in [0.15, 0.2) is 0 Å². The van der Waals surface area contributed by atoms with Gasteiger partial charge in [-0.1, -0.05) is 95.9 Å². The maximum absolute atomic E-state index is 2.17. The predicted octanol–water partition coefficient (Wildman–Crippen LogP) is 7.18. The van der Waals surface area contributed by atoms with Gasteiger partial charge < -0.3 is 0 Å². The van der Waals surface area contributed by atoms with Gasteiger partial charge in [-0.15, -0.1) is 0 Å². The summed E-state index contributed by atoms with van der Waals surface area (Å²) >= 11 is 0. The van der Waals surface area contributed by atoms with Crippen LogP contribution in [-0.2, 0) is 0 Å². The van der Waals surface area contributed by atoms with Crippen molar-refractivity contribution in [1.29, 1.82) is 0 Å². The van der Waals surface area contributed by atoms with E-state index in [2.05, 4.69) is 69.2 Å². The molecular weight excluding hydrogens is 192 g/mol. The van der Waals surface area contributed by atoms with Gasteiger partial charge in [0.25, 0.3) is 0 Å². The first-order chi connectivity index (χ1) is 7.29. The lowest BCUT2D eigenvalue weighted by Crippen LogP contribution is -1.66. The molecule has 0 aromatic rings. The quantitative estimate of drug-likeness (QED) is 0.416. The fraction of sp³-hybridized carbons (Fsp3) is 1.00. The zero-order chi connectivity index (χ0) is 14.6. The Labute approximate surface area is 108 Å². The summed E-state index contributed by atoms with van der Waals surface area (Å²) in [7, 11) is 0. The summed E-state index contributed by atoms with van der Waals surface area (Å²) in [5.41, 5.74) is 0. The molecule has 0 saturated heterocycles. The lowest BCUT2D eigenvalue weighted by atomic mass is 10.3. The summed E-state index contributed by atoms with van der Waals surface area (Å²) in [5, 5.41) is 0. The molecule has 0 heterocycles. The van der Waals surface area contributed by atoms with Crippen LogP contribution in [0.4, 0.5) is 0 Å². The third-order valence-electron chi connectivity index (χ3n) is 0. The second-order valence-corrected chi connectivity index (χ2v) is 4.88. The van der Waals surface area contributed by atoms with Crippen molar-refractivity contribution in [2.45, 2.75) is 95.9 Å². The van der Waals surface area contributed by atoms with Crippen LogP contribution in [0.3, 0.4) is 0 Å². The summed E-state index contributed by atoms with van der Waals surface area (Å²) in [5.74, 6) is 1.67. The molecule has 0 spiro atoms. The van der Waals surface area contributed by atoms with Crippen molar-refractivity contribution in [2.75, 3.05) is 0 Å². The molecule has 0 amide bonds. The van der Waals surface area contributed by atoms with Crippen LogP contribution in [-0.4, -0.2) is 0 Å². The highest BCUT2D eigenvalue weighted by molar-refractivity contribution is 4.21. The fourth-order valence-corrected chi connectivity index (χ4v) is 0. The first kappa shape index (κ1) is 29.8. The van der Waals surface area contributed by atoms with Crippen molar-refractivity contribution in [3.05, 3.63) is 0 Å². The van der Waals surface area contributed by atoms with Gasteiger partial charge in [-0.05, 0) is 11.8 Å². The molecule has 0 N–H and O–H groups in total. The van der Waals surface area contributed by atoms with Crippen molar-refractivity contribution in [3.8, 4) is 0 Å². The summed E-state index contributed by atoms with van der Waals surface area (Å²) in [6.07, 6.45) is 2.50. The van der Waals surface area contributed by atoms with Crippen LogP contribution >= 0.6 is 0 Å². The van der Waals surface area contributed by atoms with Crippen LogP contribution in [0.1, 0.15) is 95.9 Å². The number of hydrogen-bond acceptors (Lipinski definition) is 0. The second kappa shape index (κ2) is 45.9. The average molecular weight is 235 g/mol. The van der Waals surface area contributed by atoms with Crippen molar-refractivity contribution >= 4 is 0 Å². The summed E-state index contributed by atoms with van der Waals surface area (Å²) in [4.78, 5) is 0. The predicted molar refractivity (Wildman–Crippen MR) is 84.3 cm³/mol. The van der Waals surface area contributed by atoms with E-state index in [-0.39, 0.29) is 0 Å². The Kier molecular flexibility index (Phi) is 85.4. The fourth-order valence-electron chi connectivity index (χ4n) is 0. The third-order valence-corrected chi connectivity index (χ3v) is 0. The van der Waals surface area contributed by atoms with E-state index in [1.165, 1.54) is 12.8 Å². The van der Waals surface area contributed by atoms with Crippen molar-refractivity contribution in [1.82, 2.24) is 0 Å². The Balaban J connectivity index is -0.0000000322. The van der Waals surface area contributed by atoms with Crippen LogP contribution < -0.4 is 0 Å². The normalized spacial score (nSPS) is 7.12. The molecule has 0 unspecified atom stereocenters. The van der Waals surface area contributed by atoms with Gasteiger partial charge >= 0.3 is 0 Å². The first-order valence-corrected chi connectivity index (χ1v) is 7.29. The molecule has 16 heavy (non-hydrogen) atoms. The smallest absolute Gasteiger partial charge is 0.0500 e. The van der Waals surface area contributed by atoms with Gasteiger partial charge in [0.15, 0.2) is 0 Å². The molecular formula is C16H42. The van der Waals surface area contributed by atoms with E-state index in [9.17, 15) is 0 Å². The molecule has 0 nitrogen and oxygen atoms in total. The molecule has 0 aliphatic carbocycles. The summed E-state index contributed by atoms with van der Waals surface area (Å²) in [6, 6.07) is 0. The molecule has 0 atom stereocenters. The van der Waals surface area contributed by atoms with Crippen molar-refractivity contribution in [2.24, 2.45) is 11.8 Å². The summed E-state index contributed by atoms with van der Waals surface area (Å²) < 4.78 is 0. The maximum atomic E-state index is 2.17. The van der Waals surface area contributed by atoms with E-state index >= 15 is 0 Å². The Morgan fingerprint density at radius 1 is 0.500 bits per heavy atom. The minimum atomic E-state index is 0.833. The van der Waals surface area contributed by atoms with Gasteiger partial charge in [0.2, 0.25) is 0 Å². The second-order valence-electron chi connectivity index (χ2n) is 4.88. The highest BCUT2D eigenvalue weighted by Gasteiger charge is 1.68. The van der Waals surface area contributed by atoms with E-state index in [1.54, 1.807) is 0 Å². The molecule has 0 aromatic heterocycles. The van der Waals surface area contributed by atoms with Crippen LogP contribution in [0, 0.1) is 11.8 Å². The van der Waals surface area contributed by atoms with E-state index < -0.39 is 0 Å². The highest BCUT2D eigenvalue weighted by atomic mass is 13.7. The molecule has 0 heteroatoms. The minimum absolute atomic E-state index is 0.833. The Morgan fingerprint density at radius 3 is 0.500 bits per heavy atom. The number of rotatable bonds is 0.